The number of para-hydroxylation sites is 1. The highest BCUT2D eigenvalue weighted by Crippen LogP contribution is 2.29. The smallest absolute Gasteiger partial charge is 0.352 e. The lowest BCUT2D eigenvalue weighted by Crippen LogP contribution is -2.42. The molecule has 1 fully saturated rings. The number of anilines is 1. The molecule has 5 rings (SSSR count). The van der Waals surface area contributed by atoms with Crippen LogP contribution >= 0.6 is 0 Å². The Hall–Kier alpha value is -4.18. The van der Waals surface area contributed by atoms with Crippen molar-refractivity contribution in [1.82, 2.24) is 24.3 Å². The zero-order chi connectivity index (χ0) is 30.2. The molecule has 4 aromatic rings. The molecule has 10 nitrogen and oxygen atoms in total. The van der Waals surface area contributed by atoms with Crippen LogP contribution in [0.4, 0.5) is 5.82 Å². The third-order valence-electron chi connectivity index (χ3n) is 7.97. The first kappa shape index (κ1) is 30.3. The number of likely N-dealkylation sites (tertiary alicyclic amines) is 1. The van der Waals surface area contributed by atoms with Gasteiger partial charge in [-0.3, -0.25) is 19.5 Å². The quantitative estimate of drug-likeness (QED) is 0.166. The average molecular weight is 587 g/mol. The van der Waals surface area contributed by atoms with E-state index in [1.54, 1.807) is 12.1 Å². The first-order valence-electron chi connectivity index (χ1n) is 15.4. The van der Waals surface area contributed by atoms with Gasteiger partial charge in [0.05, 0.1) is 17.6 Å². The van der Waals surface area contributed by atoms with Crippen molar-refractivity contribution in [1.29, 1.82) is 0 Å². The highest BCUT2D eigenvalue weighted by molar-refractivity contribution is 6.06. The van der Waals surface area contributed by atoms with Crippen molar-refractivity contribution in [2.24, 2.45) is 0 Å². The fraction of sp³-hybridized carbons (Fsp3) is 0.455. The fourth-order valence-electron chi connectivity index (χ4n) is 5.77. The van der Waals surface area contributed by atoms with Crippen LogP contribution in [0.2, 0.25) is 0 Å². The number of fused-ring (bicyclic) bond motifs is 3. The van der Waals surface area contributed by atoms with Gasteiger partial charge in [0.2, 0.25) is 5.91 Å². The average Bonchev–Trinajstić information content (AvgIpc) is 3.38. The standard InChI is InChI=1S/C33H42N6O4/c1-3-4-13-29-36-31-32(27-11-6-7-12-28(27)35-33(31)34)39(29)21-10-20-38(30(41)23-37-18-8-5-9-19-37)22-25-14-16-26(17-15-25)43-42-24(2)40/h6-7,11-12,14-17H,3-5,8-10,13,18-23H2,1-2H3,(H2,34,35). The van der Waals surface area contributed by atoms with Crippen LogP contribution in [0.25, 0.3) is 21.9 Å². The summed E-state index contributed by atoms with van der Waals surface area (Å²) in [6.07, 6.45) is 7.23. The van der Waals surface area contributed by atoms with E-state index in [0.717, 1.165) is 84.9 Å². The Morgan fingerprint density at radius 1 is 1.00 bits per heavy atom. The van der Waals surface area contributed by atoms with Gasteiger partial charge >= 0.3 is 5.97 Å². The zero-order valence-corrected chi connectivity index (χ0v) is 25.3. The van der Waals surface area contributed by atoms with E-state index in [9.17, 15) is 9.59 Å². The van der Waals surface area contributed by atoms with Gasteiger partial charge in [0.25, 0.3) is 0 Å². The molecule has 2 N–H and O–H groups in total. The number of nitrogens with zero attached hydrogens (tertiary/aromatic N) is 5. The molecule has 0 spiro atoms. The van der Waals surface area contributed by atoms with Gasteiger partial charge < -0.3 is 15.2 Å². The third kappa shape index (κ3) is 7.62. The van der Waals surface area contributed by atoms with E-state index < -0.39 is 5.97 Å². The maximum Gasteiger partial charge on any atom is 0.352 e. The second-order valence-electron chi connectivity index (χ2n) is 11.3. The molecular weight excluding hydrogens is 544 g/mol. The summed E-state index contributed by atoms with van der Waals surface area (Å²) in [5.41, 5.74) is 9.99. The van der Waals surface area contributed by atoms with Crippen molar-refractivity contribution >= 4 is 39.6 Å². The van der Waals surface area contributed by atoms with Crippen LogP contribution in [0.3, 0.4) is 0 Å². The van der Waals surface area contributed by atoms with Crippen LogP contribution in [0.1, 0.15) is 63.8 Å². The molecule has 10 heteroatoms. The van der Waals surface area contributed by atoms with E-state index in [1.165, 1.54) is 13.3 Å². The molecule has 3 heterocycles. The second kappa shape index (κ2) is 14.3. The first-order chi connectivity index (χ1) is 20.9. The maximum atomic E-state index is 13.7. The SMILES string of the molecule is CCCCc1nc2c(N)nc3ccccc3c2n1CCCN(Cc1ccc(OOC(C)=O)cc1)C(=O)CN1CCCCC1. The lowest BCUT2D eigenvalue weighted by Gasteiger charge is -2.30. The fourth-order valence-corrected chi connectivity index (χ4v) is 5.77. The number of carbonyl (C=O) groups is 2. The molecule has 1 aliphatic rings. The van der Waals surface area contributed by atoms with E-state index in [4.69, 9.17) is 15.6 Å². The summed E-state index contributed by atoms with van der Waals surface area (Å²) in [7, 11) is 0. The molecule has 0 aliphatic carbocycles. The Balaban J connectivity index is 1.36. The summed E-state index contributed by atoms with van der Waals surface area (Å²) in [6, 6.07) is 15.3. The van der Waals surface area contributed by atoms with E-state index in [2.05, 4.69) is 32.3 Å². The lowest BCUT2D eigenvalue weighted by atomic mass is 10.1. The van der Waals surface area contributed by atoms with E-state index >= 15 is 0 Å². The molecule has 1 saturated heterocycles. The van der Waals surface area contributed by atoms with Gasteiger partial charge in [-0.1, -0.05) is 50.1 Å². The Kier molecular flexibility index (Phi) is 10.1. The summed E-state index contributed by atoms with van der Waals surface area (Å²) in [5, 5.41) is 1.04. The Morgan fingerprint density at radius 2 is 1.77 bits per heavy atom. The van der Waals surface area contributed by atoms with Crippen LogP contribution in [-0.2, 0) is 34.0 Å². The Morgan fingerprint density at radius 3 is 2.51 bits per heavy atom. The molecule has 43 heavy (non-hydrogen) atoms. The minimum absolute atomic E-state index is 0.128. The minimum atomic E-state index is -0.519. The summed E-state index contributed by atoms with van der Waals surface area (Å²) in [5.74, 6) is 1.50. The second-order valence-corrected chi connectivity index (χ2v) is 11.3. The van der Waals surface area contributed by atoms with Crippen molar-refractivity contribution in [2.45, 2.75) is 71.9 Å². The first-order valence-corrected chi connectivity index (χ1v) is 15.4. The van der Waals surface area contributed by atoms with Gasteiger partial charge in [0, 0.05) is 38.4 Å². The van der Waals surface area contributed by atoms with Gasteiger partial charge in [-0.05, 0) is 62.5 Å². The molecule has 0 radical (unpaired) electrons. The molecule has 1 amide bonds. The molecule has 1 aliphatic heterocycles. The highest BCUT2D eigenvalue weighted by Gasteiger charge is 2.21. The number of carbonyl (C=O) groups excluding carboxylic acids is 2. The number of benzene rings is 2. The number of nitrogen functional groups attached to an aromatic ring is 1. The maximum absolute atomic E-state index is 13.7. The number of hydrogen-bond acceptors (Lipinski definition) is 8. The van der Waals surface area contributed by atoms with Crippen molar-refractivity contribution < 1.29 is 19.4 Å². The topological polar surface area (TPSA) is 116 Å². The zero-order valence-electron chi connectivity index (χ0n) is 25.3. The van der Waals surface area contributed by atoms with Crippen LogP contribution in [0, 0.1) is 0 Å². The van der Waals surface area contributed by atoms with Crippen LogP contribution in [0.5, 0.6) is 5.75 Å². The summed E-state index contributed by atoms with van der Waals surface area (Å²) >= 11 is 0. The number of hydrogen-bond donors (Lipinski definition) is 1. The van der Waals surface area contributed by atoms with Crippen LogP contribution in [0.15, 0.2) is 48.5 Å². The number of amides is 1. The number of rotatable bonds is 13. The summed E-state index contributed by atoms with van der Waals surface area (Å²) in [6.45, 7) is 7.62. The molecule has 2 aromatic carbocycles. The minimum Gasteiger partial charge on any atom is -0.382 e. The van der Waals surface area contributed by atoms with Crippen LogP contribution in [-0.4, -0.2) is 62.4 Å². The van der Waals surface area contributed by atoms with Gasteiger partial charge in [0.15, 0.2) is 11.6 Å². The van der Waals surface area contributed by atoms with E-state index in [0.29, 0.717) is 37.7 Å². The number of pyridine rings is 1. The predicted octanol–water partition coefficient (Wildman–Crippen LogP) is 5.27. The largest absolute Gasteiger partial charge is 0.382 e. The molecule has 0 atom stereocenters. The number of nitrogens with two attached hydrogens (primary N) is 1. The molecule has 2 aromatic heterocycles. The Labute approximate surface area is 252 Å². The van der Waals surface area contributed by atoms with Gasteiger partial charge in [0.1, 0.15) is 11.3 Å². The van der Waals surface area contributed by atoms with Crippen molar-refractivity contribution in [3.63, 3.8) is 0 Å². The number of piperidine rings is 1. The summed E-state index contributed by atoms with van der Waals surface area (Å²) in [4.78, 5) is 48.2. The van der Waals surface area contributed by atoms with E-state index in [1.807, 2.05) is 35.2 Å². The van der Waals surface area contributed by atoms with Crippen molar-refractivity contribution in [3.8, 4) is 5.75 Å². The van der Waals surface area contributed by atoms with E-state index in [-0.39, 0.29) is 5.91 Å². The third-order valence-corrected chi connectivity index (χ3v) is 7.97. The van der Waals surface area contributed by atoms with Gasteiger partial charge in [-0.25, -0.2) is 14.8 Å². The molecule has 0 saturated carbocycles. The number of unbranched alkanes of at least 4 members (excludes halogenated alkanes) is 1. The van der Waals surface area contributed by atoms with Crippen molar-refractivity contribution in [3.05, 3.63) is 59.9 Å². The van der Waals surface area contributed by atoms with Crippen molar-refractivity contribution in [2.75, 3.05) is 31.9 Å². The number of aryl methyl sites for hydroxylation is 2. The predicted molar refractivity (Wildman–Crippen MR) is 167 cm³/mol. The highest BCUT2D eigenvalue weighted by atomic mass is 17.2. The van der Waals surface area contributed by atoms with Gasteiger partial charge in [-0.15, -0.1) is 0 Å². The molecular formula is C33H42N6O4. The normalized spacial score (nSPS) is 13.8. The number of aromatic nitrogens is 3. The van der Waals surface area contributed by atoms with Crippen LogP contribution < -0.4 is 10.6 Å². The molecule has 228 valence electrons. The Bertz CT molecular complexity index is 1540. The molecule has 0 bridgehead atoms. The lowest BCUT2D eigenvalue weighted by molar-refractivity contribution is -0.210. The van der Waals surface area contributed by atoms with Gasteiger partial charge in [-0.2, -0.15) is 0 Å². The summed E-state index contributed by atoms with van der Waals surface area (Å²) < 4.78 is 2.29. The molecule has 0 unspecified atom stereocenters. The monoisotopic (exact) mass is 586 g/mol. The number of imidazole rings is 1.